The van der Waals surface area contributed by atoms with Gasteiger partial charge < -0.3 is 4.42 Å². The molecule has 1 rings (SSSR count). The lowest BCUT2D eigenvalue weighted by atomic mass is 10.4. The van der Waals surface area contributed by atoms with Gasteiger partial charge in [-0.1, -0.05) is 6.92 Å². The van der Waals surface area contributed by atoms with Crippen LogP contribution in [0.25, 0.3) is 0 Å². The first-order valence-electron chi connectivity index (χ1n) is 3.87. The molecule has 0 aliphatic heterocycles. The van der Waals surface area contributed by atoms with Crippen LogP contribution in [-0.2, 0) is 4.79 Å². The number of carbonyl (C=O) groups is 1. The number of nitrogens with zero attached hydrogens (tertiary/aromatic N) is 1. The molecular weight excluding hydrogens is 156 g/mol. The monoisotopic (exact) mass is 168 g/mol. The fraction of sp³-hybridized carbons (Fsp3) is 0.500. The molecule has 1 amide bonds. The van der Waals surface area contributed by atoms with Crippen molar-refractivity contribution in [2.45, 2.75) is 27.2 Å². The second-order valence-corrected chi connectivity index (χ2v) is 2.56. The van der Waals surface area contributed by atoms with Gasteiger partial charge in [-0.25, -0.2) is 0 Å². The number of carbonyl (C=O) groups excluding carboxylic acids is 1. The molecule has 0 aliphatic rings. The molecule has 0 saturated heterocycles. The highest BCUT2D eigenvalue weighted by Crippen LogP contribution is 2.12. The largest absolute Gasteiger partial charge is 0.428 e. The molecule has 1 N–H and O–H groups in total. The van der Waals surface area contributed by atoms with Gasteiger partial charge >= 0.3 is 6.01 Å². The van der Waals surface area contributed by atoms with Gasteiger partial charge in [-0.3, -0.25) is 10.1 Å². The molecule has 0 atom stereocenters. The Balaban J connectivity index is 2.70. The standard InChI is InChI=1S/C8H12N2O2/c1-4-7(11)10-8-9-5(2)6(3)12-8/h4H2,1-3H3,(H,9,10,11). The van der Waals surface area contributed by atoms with E-state index < -0.39 is 0 Å². The molecular formula is C8H12N2O2. The maximum absolute atomic E-state index is 10.9. The van der Waals surface area contributed by atoms with Crippen LogP contribution >= 0.6 is 0 Å². The molecule has 12 heavy (non-hydrogen) atoms. The summed E-state index contributed by atoms with van der Waals surface area (Å²) in [5.74, 6) is 0.651. The Labute approximate surface area is 71.0 Å². The van der Waals surface area contributed by atoms with E-state index in [1.165, 1.54) is 0 Å². The minimum Gasteiger partial charge on any atom is -0.428 e. The molecule has 1 aromatic rings. The van der Waals surface area contributed by atoms with Crippen LogP contribution in [0.4, 0.5) is 6.01 Å². The van der Waals surface area contributed by atoms with Crippen molar-refractivity contribution in [1.82, 2.24) is 4.98 Å². The Morgan fingerprint density at radius 1 is 1.58 bits per heavy atom. The van der Waals surface area contributed by atoms with Gasteiger partial charge in [-0.15, -0.1) is 0 Å². The molecule has 0 saturated carbocycles. The van der Waals surface area contributed by atoms with Crippen LogP contribution in [-0.4, -0.2) is 10.9 Å². The van der Waals surface area contributed by atoms with Crippen molar-refractivity contribution >= 4 is 11.9 Å². The fourth-order valence-electron chi connectivity index (χ4n) is 0.734. The van der Waals surface area contributed by atoms with Crippen molar-refractivity contribution < 1.29 is 9.21 Å². The van der Waals surface area contributed by atoms with E-state index in [1.54, 1.807) is 6.92 Å². The van der Waals surface area contributed by atoms with Crippen LogP contribution in [0, 0.1) is 13.8 Å². The highest BCUT2D eigenvalue weighted by Gasteiger charge is 2.06. The van der Waals surface area contributed by atoms with Crippen LogP contribution in [0.1, 0.15) is 24.8 Å². The van der Waals surface area contributed by atoms with Crippen LogP contribution in [0.3, 0.4) is 0 Å². The lowest BCUT2D eigenvalue weighted by Gasteiger charge is -1.94. The Hall–Kier alpha value is -1.32. The predicted molar refractivity (Wildman–Crippen MR) is 44.9 cm³/mol. The number of hydrogen-bond acceptors (Lipinski definition) is 3. The molecule has 0 fully saturated rings. The van der Waals surface area contributed by atoms with E-state index >= 15 is 0 Å². The summed E-state index contributed by atoms with van der Waals surface area (Å²) in [5, 5.41) is 2.54. The SMILES string of the molecule is CCC(=O)Nc1nc(C)c(C)o1. The van der Waals surface area contributed by atoms with E-state index in [1.807, 2.05) is 13.8 Å². The zero-order valence-electron chi connectivity index (χ0n) is 7.47. The molecule has 0 aliphatic carbocycles. The Bertz CT molecular complexity index is 272. The molecule has 4 nitrogen and oxygen atoms in total. The highest BCUT2D eigenvalue weighted by atomic mass is 16.4. The first-order valence-corrected chi connectivity index (χ1v) is 3.87. The van der Waals surface area contributed by atoms with Crippen molar-refractivity contribution in [2.75, 3.05) is 5.32 Å². The summed E-state index contributed by atoms with van der Waals surface area (Å²) >= 11 is 0. The van der Waals surface area contributed by atoms with E-state index in [0.29, 0.717) is 6.42 Å². The third kappa shape index (κ3) is 1.84. The third-order valence-corrected chi connectivity index (χ3v) is 1.60. The number of oxazole rings is 1. The molecule has 0 bridgehead atoms. The fourth-order valence-corrected chi connectivity index (χ4v) is 0.734. The van der Waals surface area contributed by atoms with Crippen molar-refractivity contribution in [3.05, 3.63) is 11.5 Å². The van der Waals surface area contributed by atoms with Gasteiger partial charge in [0.25, 0.3) is 0 Å². The van der Waals surface area contributed by atoms with E-state index in [2.05, 4.69) is 10.3 Å². The molecule has 0 unspecified atom stereocenters. The van der Waals surface area contributed by atoms with Crippen molar-refractivity contribution in [2.24, 2.45) is 0 Å². The summed E-state index contributed by atoms with van der Waals surface area (Å²) in [5.41, 5.74) is 0.807. The van der Waals surface area contributed by atoms with Gasteiger partial charge in [-0.2, -0.15) is 4.98 Å². The summed E-state index contributed by atoms with van der Waals surface area (Å²) in [4.78, 5) is 14.9. The van der Waals surface area contributed by atoms with E-state index in [4.69, 9.17) is 4.42 Å². The topological polar surface area (TPSA) is 55.1 Å². The number of hydrogen-bond donors (Lipinski definition) is 1. The first kappa shape index (κ1) is 8.77. The van der Waals surface area contributed by atoms with Gasteiger partial charge in [-0.05, 0) is 13.8 Å². The van der Waals surface area contributed by atoms with Crippen molar-refractivity contribution in [1.29, 1.82) is 0 Å². The zero-order chi connectivity index (χ0) is 9.14. The quantitative estimate of drug-likeness (QED) is 0.730. The van der Waals surface area contributed by atoms with Crippen LogP contribution < -0.4 is 5.32 Å². The van der Waals surface area contributed by atoms with Gasteiger partial charge in [0.15, 0.2) is 0 Å². The highest BCUT2D eigenvalue weighted by molar-refractivity contribution is 5.88. The second kappa shape index (κ2) is 3.38. The normalized spacial score (nSPS) is 9.92. The summed E-state index contributed by atoms with van der Waals surface area (Å²) in [7, 11) is 0. The smallest absolute Gasteiger partial charge is 0.301 e. The Morgan fingerprint density at radius 2 is 2.25 bits per heavy atom. The summed E-state index contributed by atoms with van der Waals surface area (Å²) < 4.78 is 5.14. The lowest BCUT2D eigenvalue weighted by Crippen LogP contribution is -2.09. The number of nitrogens with one attached hydrogen (secondary N) is 1. The van der Waals surface area contributed by atoms with Gasteiger partial charge in [0.2, 0.25) is 5.91 Å². The summed E-state index contributed by atoms with van der Waals surface area (Å²) in [6.07, 6.45) is 0.431. The van der Waals surface area contributed by atoms with E-state index in [0.717, 1.165) is 11.5 Å². The van der Waals surface area contributed by atoms with Gasteiger partial charge in [0, 0.05) is 6.42 Å². The summed E-state index contributed by atoms with van der Waals surface area (Å²) in [6, 6.07) is 0.289. The molecule has 0 radical (unpaired) electrons. The minimum atomic E-state index is -0.0868. The van der Waals surface area contributed by atoms with Crippen LogP contribution in [0.2, 0.25) is 0 Å². The lowest BCUT2D eigenvalue weighted by molar-refractivity contribution is -0.116. The first-order chi connectivity index (χ1) is 5.63. The van der Waals surface area contributed by atoms with Crippen molar-refractivity contribution in [3.8, 4) is 0 Å². The predicted octanol–water partition coefficient (Wildman–Crippen LogP) is 1.64. The number of rotatable bonds is 2. The molecule has 0 aromatic carbocycles. The summed E-state index contributed by atoms with van der Waals surface area (Å²) in [6.45, 7) is 5.42. The average Bonchev–Trinajstić information content (AvgIpc) is 2.31. The van der Waals surface area contributed by atoms with E-state index in [-0.39, 0.29) is 11.9 Å². The molecule has 1 heterocycles. The maximum Gasteiger partial charge on any atom is 0.301 e. The average molecular weight is 168 g/mol. The van der Waals surface area contributed by atoms with Crippen molar-refractivity contribution in [3.63, 3.8) is 0 Å². The van der Waals surface area contributed by atoms with E-state index in [9.17, 15) is 4.79 Å². The molecule has 66 valence electrons. The van der Waals surface area contributed by atoms with Gasteiger partial charge in [0.05, 0.1) is 5.69 Å². The van der Waals surface area contributed by atoms with Gasteiger partial charge in [0.1, 0.15) is 5.76 Å². The number of amides is 1. The third-order valence-electron chi connectivity index (χ3n) is 1.60. The second-order valence-electron chi connectivity index (χ2n) is 2.56. The molecule has 1 aromatic heterocycles. The number of aryl methyl sites for hydroxylation is 2. The number of aromatic nitrogens is 1. The van der Waals surface area contributed by atoms with Crippen LogP contribution in [0.5, 0.6) is 0 Å². The zero-order valence-corrected chi connectivity index (χ0v) is 7.47. The molecule has 4 heteroatoms. The Kier molecular flexibility index (Phi) is 2.47. The number of anilines is 1. The molecule has 0 spiro atoms. The van der Waals surface area contributed by atoms with Crippen LogP contribution in [0.15, 0.2) is 4.42 Å². The minimum absolute atomic E-state index is 0.0868. The Morgan fingerprint density at radius 3 is 2.67 bits per heavy atom. The maximum atomic E-state index is 10.9.